The number of aromatic nitrogens is 1. The number of rotatable bonds is 4. The maximum Gasteiger partial charge on any atom is 0.337 e. The number of aryl methyl sites for hydroxylation is 1. The second kappa shape index (κ2) is 4.29. The summed E-state index contributed by atoms with van der Waals surface area (Å²) in [7, 11) is 0. The van der Waals surface area contributed by atoms with Gasteiger partial charge in [0.25, 0.3) is 0 Å². The Hall–Kier alpha value is -2.30. The number of fused-ring (bicyclic) bond motifs is 1. The third-order valence-electron chi connectivity index (χ3n) is 2.62. The van der Waals surface area contributed by atoms with Gasteiger partial charge in [0.2, 0.25) is 5.91 Å². The Balaban J connectivity index is 2.49. The molecule has 3 N–H and O–H groups in total. The molecule has 0 unspecified atom stereocenters. The number of carboxylic acid groups (broad SMARTS) is 1. The fraction of sp³-hybridized carbons (Fsp3) is 0.167. The van der Waals surface area contributed by atoms with Gasteiger partial charge in [-0.15, -0.1) is 0 Å². The molecule has 0 atom stereocenters. The number of hydrogen-bond donors (Lipinski definition) is 2. The number of primary amides is 1. The Labute approximate surface area is 97.4 Å². The number of hydrogen-bond acceptors (Lipinski definition) is 2. The highest BCUT2D eigenvalue weighted by atomic mass is 16.4. The van der Waals surface area contributed by atoms with E-state index in [1.165, 1.54) is 6.20 Å². The van der Waals surface area contributed by atoms with Crippen LogP contribution >= 0.6 is 0 Å². The van der Waals surface area contributed by atoms with Crippen LogP contribution in [0.4, 0.5) is 0 Å². The van der Waals surface area contributed by atoms with Crippen LogP contribution in [0.5, 0.6) is 0 Å². The molecule has 1 amide bonds. The third kappa shape index (κ3) is 2.13. The van der Waals surface area contributed by atoms with Crippen molar-refractivity contribution in [3.8, 4) is 0 Å². The number of aromatic carboxylic acids is 1. The monoisotopic (exact) mass is 232 g/mol. The summed E-state index contributed by atoms with van der Waals surface area (Å²) >= 11 is 0. The number of benzene rings is 1. The van der Waals surface area contributed by atoms with E-state index in [4.69, 9.17) is 10.8 Å². The Kier molecular flexibility index (Phi) is 2.82. The average Bonchev–Trinajstić information content (AvgIpc) is 2.65. The Morgan fingerprint density at radius 2 is 2.00 bits per heavy atom. The standard InChI is InChI=1S/C12H12N2O3/c13-11(15)5-6-14-7-9(12(16)17)8-3-1-2-4-10(8)14/h1-4,7H,5-6H2,(H2,13,15)(H,16,17). The van der Waals surface area contributed by atoms with E-state index < -0.39 is 11.9 Å². The summed E-state index contributed by atoms with van der Waals surface area (Å²) < 4.78 is 1.74. The number of carbonyl (C=O) groups excluding carboxylic acids is 1. The molecule has 88 valence electrons. The first-order chi connectivity index (χ1) is 8.09. The second-order valence-electron chi connectivity index (χ2n) is 3.77. The zero-order valence-electron chi connectivity index (χ0n) is 9.09. The van der Waals surface area contributed by atoms with E-state index >= 15 is 0 Å². The van der Waals surface area contributed by atoms with Crippen molar-refractivity contribution >= 4 is 22.8 Å². The average molecular weight is 232 g/mol. The Bertz CT molecular complexity index is 586. The van der Waals surface area contributed by atoms with Gasteiger partial charge in [-0.05, 0) is 6.07 Å². The maximum atomic E-state index is 11.1. The predicted molar refractivity (Wildman–Crippen MR) is 62.7 cm³/mol. The van der Waals surface area contributed by atoms with Crippen LogP contribution in [0.15, 0.2) is 30.5 Å². The number of nitrogens with zero attached hydrogens (tertiary/aromatic N) is 1. The van der Waals surface area contributed by atoms with Crippen LogP contribution in [0.3, 0.4) is 0 Å². The van der Waals surface area contributed by atoms with Crippen molar-refractivity contribution in [1.29, 1.82) is 0 Å². The molecular formula is C12H12N2O3. The smallest absolute Gasteiger partial charge is 0.337 e. The van der Waals surface area contributed by atoms with Gasteiger partial charge in [0.15, 0.2) is 0 Å². The van der Waals surface area contributed by atoms with E-state index in [1.54, 1.807) is 16.7 Å². The van der Waals surface area contributed by atoms with Crippen molar-refractivity contribution in [2.75, 3.05) is 0 Å². The highest BCUT2D eigenvalue weighted by Crippen LogP contribution is 2.21. The number of carboxylic acids is 1. The number of carbonyl (C=O) groups is 2. The van der Waals surface area contributed by atoms with E-state index in [1.807, 2.05) is 12.1 Å². The molecule has 0 saturated carbocycles. The molecule has 1 aromatic heterocycles. The molecule has 5 nitrogen and oxygen atoms in total. The van der Waals surface area contributed by atoms with Crippen molar-refractivity contribution < 1.29 is 14.7 Å². The first-order valence-corrected chi connectivity index (χ1v) is 5.19. The molecule has 2 rings (SSSR count). The SMILES string of the molecule is NC(=O)CCn1cc(C(=O)O)c2ccccc21. The maximum absolute atomic E-state index is 11.1. The molecule has 0 aliphatic heterocycles. The molecule has 0 bridgehead atoms. The van der Waals surface area contributed by atoms with Gasteiger partial charge in [-0.1, -0.05) is 18.2 Å². The quantitative estimate of drug-likeness (QED) is 0.830. The van der Waals surface area contributed by atoms with Crippen LogP contribution in [0, 0.1) is 0 Å². The van der Waals surface area contributed by atoms with Gasteiger partial charge in [-0.2, -0.15) is 0 Å². The van der Waals surface area contributed by atoms with E-state index in [9.17, 15) is 9.59 Å². The molecule has 2 aromatic rings. The lowest BCUT2D eigenvalue weighted by Crippen LogP contribution is -2.13. The van der Waals surface area contributed by atoms with Crippen molar-refractivity contribution in [1.82, 2.24) is 4.57 Å². The highest BCUT2D eigenvalue weighted by molar-refractivity contribution is 6.03. The van der Waals surface area contributed by atoms with Crippen LogP contribution in [0.2, 0.25) is 0 Å². The molecule has 0 saturated heterocycles. The molecule has 5 heteroatoms. The lowest BCUT2D eigenvalue weighted by molar-refractivity contribution is -0.118. The fourth-order valence-corrected chi connectivity index (χ4v) is 1.83. The van der Waals surface area contributed by atoms with Crippen LogP contribution in [-0.2, 0) is 11.3 Å². The largest absolute Gasteiger partial charge is 0.478 e. The molecule has 0 aliphatic rings. The van der Waals surface area contributed by atoms with Gasteiger partial charge in [0.1, 0.15) is 0 Å². The summed E-state index contributed by atoms with van der Waals surface area (Å²) in [6.07, 6.45) is 1.73. The van der Waals surface area contributed by atoms with Crippen LogP contribution in [0.25, 0.3) is 10.9 Å². The molecule has 17 heavy (non-hydrogen) atoms. The summed E-state index contributed by atoms with van der Waals surface area (Å²) in [4.78, 5) is 21.8. The summed E-state index contributed by atoms with van der Waals surface area (Å²) in [6, 6.07) is 7.18. The summed E-state index contributed by atoms with van der Waals surface area (Å²) in [5.74, 6) is -1.38. The highest BCUT2D eigenvalue weighted by Gasteiger charge is 2.13. The first-order valence-electron chi connectivity index (χ1n) is 5.19. The van der Waals surface area contributed by atoms with Gasteiger partial charge < -0.3 is 15.4 Å². The molecular weight excluding hydrogens is 220 g/mol. The molecule has 0 aliphatic carbocycles. The molecule has 0 spiro atoms. The summed E-state index contributed by atoms with van der Waals surface area (Å²) in [6.45, 7) is 0.392. The van der Waals surface area contributed by atoms with Crippen LogP contribution in [-0.4, -0.2) is 21.6 Å². The minimum absolute atomic E-state index is 0.192. The minimum Gasteiger partial charge on any atom is -0.478 e. The van der Waals surface area contributed by atoms with Crippen molar-refractivity contribution in [3.05, 3.63) is 36.0 Å². The summed E-state index contributed by atoms with van der Waals surface area (Å²) in [5.41, 5.74) is 6.12. The second-order valence-corrected chi connectivity index (χ2v) is 3.77. The zero-order chi connectivity index (χ0) is 12.4. The van der Waals surface area contributed by atoms with Crippen LogP contribution in [0.1, 0.15) is 16.8 Å². The zero-order valence-corrected chi connectivity index (χ0v) is 9.09. The van der Waals surface area contributed by atoms with E-state index in [0.717, 1.165) is 5.52 Å². The van der Waals surface area contributed by atoms with Gasteiger partial charge in [0.05, 0.1) is 5.56 Å². The third-order valence-corrected chi connectivity index (χ3v) is 2.62. The number of para-hydroxylation sites is 1. The molecule has 0 fully saturated rings. The molecule has 1 heterocycles. The fourth-order valence-electron chi connectivity index (χ4n) is 1.83. The van der Waals surface area contributed by atoms with Gasteiger partial charge in [-0.3, -0.25) is 4.79 Å². The van der Waals surface area contributed by atoms with Crippen molar-refractivity contribution in [2.45, 2.75) is 13.0 Å². The number of nitrogens with two attached hydrogens (primary N) is 1. The van der Waals surface area contributed by atoms with Gasteiger partial charge in [0, 0.05) is 30.1 Å². The van der Waals surface area contributed by atoms with E-state index in [2.05, 4.69) is 0 Å². The lowest BCUT2D eigenvalue weighted by atomic mass is 10.2. The summed E-state index contributed by atoms with van der Waals surface area (Å²) in [5, 5.41) is 9.74. The van der Waals surface area contributed by atoms with Gasteiger partial charge in [-0.25, -0.2) is 4.79 Å². The first kappa shape index (κ1) is 11.2. The van der Waals surface area contributed by atoms with Gasteiger partial charge >= 0.3 is 5.97 Å². The van der Waals surface area contributed by atoms with E-state index in [-0.39, 0.29) is 12.0 Å². The predicted octanol–water partition coefficient (Wildman–Crippen LogP) is 1.21. The van der Waals surface area contributed by atoms with Crippen molar-refractivity contribution in [3.63, 3.8) is 0 Å². The minimum atomic E-state index is -0.973. The van der Waals surface area contributed by atoms with Crippen molar-refractivity contribution in [2.24, 2.45) is 5.73 Å². The topological polar surface area (TPSA) is 85.3 Å². The molecule has 0 radical (unpaired) electrons. The number of amides is 1. The Morgan fingerprint density at radius 3 is 2.65 bits per heavy atom. The lowest BCUT2D eigenvalue weighted by Gasteiger charge is -2.02. The van der Waals surface area contributed by atoms with Crippen LogP contribution < -0.4 is 5.73 Å². The normalized spacial score (nSPS) is 10.6. The van der Waals surface area contributed by atoms with E-state index in [0.29, 0.717) is 11.9 Å². The Morgan fingerprint density at radius 1 is 1.29 bits per heavy atom. The molecule has 1 aromatic carbocycles.